The minimum absolute atomic E-state index is 0.115. The second-order valence-electron chi connectivity index (χ2n) is 5.57. The highest BCUT2D eigenvalue weighted by atomic mass is 16.5. The van der Waals surface area contributed by atoms with E-state index in [0.29, 0.717) is 11.4 Å². The molecule has 1 fully saturated rings. The molecule has 0 spiro atoms. The fourth-order valence-corrected chi connectivity index (χ4v) is 2.89. The number of carbonyl (C=O) groups is 1. The lowest BCUT2D eigenvalue weighted by Crippen LogP contribution is -2.27. The zero-order valence-corrected chi connectivity index (χ0v) is 12.3. The number of methoxy groups -OCH3 is 1. The lowest BCUT2D eigenvalue weighted by Gasteiger charge is -2.27. The summed E-state index contributed by atoms with van der Waals surface area (Å²) in [5.41, 5.74) is 7.13. The van der Waals surface area contributed by atoms with Crippen molar-refractivity contribution in [2.75, 3.05) is 18.2 Å². The summed E-state index contributed by atoms with van der Waals surface area (Å²) in [5, 5.41) is 2.96. The molecule has 4 heteroatoms. The molecule has 0 unspecified atom stereocenters. The van der Waals surface area contributed by atoms with Gasteiger partial charge in [0.2, 0.25) is 5.91 Å². The van der Waals surface area contributed by atoms with Crippen LogP contribution in [0.3, 0.4) is 0 Å². The first-order valence-corrected chi connectivity index (χ1v) is 7.38. The molecule has 0 heterocycles. The fourth-order valence-electron chi connectivity index (χ4n) is 2.89. The molecule has 0 saturated heterocycles. The molecule has 110 valence electrons. The van der Waals surface area contributed by atoms with Crippen LogP contribution in [0.1, 0.15) is 39.0 Å². The van der Waals surface area contributed by atoms with E-state index >= 15 is 0 Å². The number of benzene rings is 1. The molecular weight excluding hydrogens is 252 g/mol. The summed E-state index contributed by atoms with van der Waals surface area (Å²) < 4.78 is 5.11. The van der Waals surface area contributed by atoms with Gasteiger partial charge in [-0.3, -0.25) is 4.79 Å². The third kappa shape index (κ3) is 3.44. The molecule has 20 heavy (non-hydrogen) atoms. The summed E-state index contributed by atoms with van der Waals surface area (Å²) in [6.07, 6.45) is 5.55. The van der Waals surface area contributed by atoms with Crippen LogP contribution in [0.5, 0.6) is 5.75 Å². The molecule has 1 aromatic rings. The summed E-state index contributed by atoms with van der Waals surface area (Å²) in [6.45, 7) is 2.23. The Labute approximate surface area is 120 Å². The van der Waals surface area contributed by atoms with Crippen LogP contribution >= 0.6 is 0 Å². The Bertz CT molecular complexity index is 466. The number of hydrogen-bond donors (Lipinski definition) is 2. The standard InChI is InChI=1S/C16H24N2O2/c1-3-11-4-6-12(7-5-11)16(19)18-13-8-9-15(20-2)14(17)10-13/h8-12H,3-7,17H2,1-2H3,(H,18,19). The summed E-state index contributed by atoms with van der Waals surface area (Å²) in [5.74, 6) is 1.69. The van der Waals surface area contributed by atoms with E-state index in [9.17, 15) is 4.79 Å². The number of hydrogen-bond acceptors (Lipinski definition) is 3. The minimum atomic E-state index is 0.115. The predicted molar refractivity (Wildman–Crippen MR) is 81.8 cm³/mol. The first kappa shape index (κ1) is 14.7. The van der Waals surface area contributed by atoms with E-state index in [2.05, 4.69) is 12.2 Å². The maximum Gasteiger partial charge on any atom is 0.227 e. The van der Waals surface area contributed by atoms with Gasteiger partial charge in [0, 0.05) is 11.6 Å². The van der Waals surface area contributed by atoms with Crippen molar-refractivity contribution in [2.45, 2.75) is 39.0 Å². The quantitative estimate of drug-likeness (QED) is 0.828. The monoisotopic (exact) mass is 276 g/mol. The maximum atomic E-state index is 12.2. The van der Waals surface area contributed by atoms with Crippen molar-refractivity contribution in [1.82, 2.24) is 0 Å². The van der Waals surface area contributed by atoms with Crippen molar-refractivity contribution in [2.24, 2.45) is 11.8 Å². The fraction of sp³-hybridized carbons (Fsp3) is 0.562. The molecule has 0 bridgehead atoms. The first-order chi connectivity index (χ1) is 9.63. The molecule has 0 aromatic heterocycles. The molecule has 1 aromatic carbocycles. The summed E-state index contributed by atoms with van der Waals surface area (Å²) >= 11 is 0. The SMILES string of the molecule is CCC1CCC(C(=O)Nc2ccc(OC)c(N)c2)CC1. The highest BCUT2D eigenvalue weighted by molar-refractivity contribution is 5.93. The second-order valence-corrected chi connectivity index (χ2v) is 5.57. The van der Waals surface area contributed by atoms with E-state index in [1.54, 1.807) is 19.2 Å². The molecule has 0 aliphatic heterocycles. The normalized spacial score (nSPS) is 22.3. The molecule has 0 radical (unpaired) electrons. The third-order valence-electron chi connectivity index (χ3n) is 4.29. The van der Waals surface area contributed by atoms with Crippen LogP contribution in [0.15, 0.2) is 18.2 Å². The molecule has 3 N–H and O–H groups in total. The smallest absolute Gasteiger partial charge is 0.227 e. The molecular formula is C16H24N2O2. The van der Waals surface area contributed by atoms with Gasteiger partial charge in [-0.15, -0.1) is 0 Å². The van der Waals surface area contributed by atoms with Gasteiger partial charge in [0.05, 0.1) is 12.8 Å². The lowest BCUT2D eigenvalue weighted by molar-refractivity contribution is -0.121. The Balaban J connectivity index is 1.93. The Kier molecular flexibility index (Phi) is 4.88. The van der Waals surface area contributed by atoms with Gasteiger partial charge in [0.1, 0.15) is 5.75 Å². The van der Waals surface area contributed by atoms with E-state index in [1.807, 2.05) is 6.07 Å². The highest BCUT2D eigenvalue weighted by Gasteiger charge is 2.25. The summed E-state index contributed by atoms with van der Waals surface area (Å²) in [4.78, 5) is 12.2. The molecule has 2 rings (SSSR count). The topological polar surface area (TPSA) is 64.3 Å². The van der Waals surface area contributed by atoms with Crippen molar-refractivity contribution >= 4 is 17.3 Å². The Morgan fingerprint density at radius 2 is 2.05 bits per heavy atom. The van der Waals surface area contributed by atoms with Gasteiger partial charge in [-0.25, -0.2) is 0 Å². The van der Waals surface area contributed by atoms with Gasteiger partial charge in [-0.2, -0.15) is 0 Å². The van der Waals surface area contributed by atoms with Crippen LogP contribution in [0.25, 0.3) is 0 Å². The molecule has 4 nitrogen and oxygen atoms in total. The van der Waals surface area contributed by atoms with E-state index in [-0.39, 0.29) is 11.8 Å². The van der Waals surface area contributed by atoms with E-state index < -0.39 is 0 Å². The number of nitrogens with one attached hydrogen (secondary N) is 1. The molecule has 1 aliphatic rings. The number of anilines is 2. The van der Waals surface area contributed by atoms with Crippen LogP contribution in [-0.2, 0) is 4.79 Å². The largest absolute Gasteiger partial charge is 0.495 e. The average molecular weight is 276 g/mol. The van der Waals surface area contributed by atoms with Gasteiger partial charge in [0.15, 0.2) is 0 Å². The van der Waals surface area contributed by atoms with Gasteiger partial charge < -0.3 is 15.8 Å². The van der Waals surface area contributed by atoms with Gasteiger partial charge in [-0.1, -0.05) is 13.3 Å². The lowest BCUT2D eigenvalue weighted by atomic mass is 9.80. The predicted octanol–water partition coefficient (Wildman–Crippen LogP) is 3.43. The molecule has 0 atom stereocenters. The van der Waals surface area contributed by atoms with Crippen molar-refractivity contribution in [3.8, 4) is 5.75 Å². The Morgan fingerprint density at radius 3 is 2.60 bits per heavy atom. The first-order valence-electron chi connectivity index (χ1n) is 7.38. The van der Waals surface area contributed by atoms with Crippen LogP contribution in [0.4, 0.5) is 11.4 Å². The minimum Gasteiger partial charge on any atom is -0.495 e. The number of amides is 1. The number of nitrogen functional groups attached to an aromatic ring is 1. The summed E-state index contributed by atoms with van der Waals surface area (Å²) in [7, 11) is 1.58. The van der Waals surface area contributed by atoms with Gasteiger partial charge in [-0.05, 0) is 49.8 Å². The van der Waals surface area contributed by atoms with Crippen molar-refractivity contribution in [3.63, 3.8) is 0 Å². The highest BCUT2D eigenvalue weighted by Crippen LogP contribution is 2.32. The van der Waals surface area contributed by atoms with Crippen molar-refractivity contribution in [3.05, 3.63) is 18.2 Å². The molecule has 1 saturated carbocycles. The van der Waals surface area contributed by atoms with Crippen LogP contribution in [-0.4, -0.2) is 13.0 Å². The third-order valence-corrected chi connectivity index (χ3v) is 4.29. The van der Waals surface area contributed by atoms with Crippen LogP contribution in [0.2, 0.25) is 0 Å². The molecule has 1 aliphatic carbocycles. The van der Waals surface area contributed by atoms with Crippen LogP contribution in [0, 0.1) is 11.8 Å². The van der Waals surface area contributed by atoms with Crippen molar-refractivity contribution in [1.29, 1.82) is 0 Å². The van der Waals surface area contributed by atoms with E-state index in [4.69, 9.17) is 10.5 Å². The molecule has 1 amide bonds. The maximum absolute atomic E-state index is 12.2. The zero-order valence-electron chi connectivity index (χ0n) is 12.3. The Hall–Kier alpha value is -1.71. The van der Waals surface area contributed by atoms with Crippen molar-refractivity contribution < 1.29 is 9.53 Å². The Morgan fingerprint density at radius 1 is 1.35 bits per heavy atom. The number of carbonyl (C=O) groups excluding carboxylic acids is 1. The number of rotatable bonds is 4. The number of ether oxygens (including phenoxy) is 1. The van der Waals surface area contributed by atoms with Gasteiger partial charge in [0.25, 0.3) is 0 Å². The second kappa shape index (κ2) is 6.64. The zero-order chi connectivity index (χ0) is 14.5. The summed E-state index contributed by atoms with van der Waals surface area (Å²) in [6, 6.07) is 5.35. The van der Waals surface area contributed by atoms with E-state index in [1.165, 1.54) is 19.3 Å². The number of nitrogens with two attached hydrogens (primary N) is 1. The van der Waals surface area contributed by atoms with E-state index in [0.717, 1.165) is 24.4 Å². The average Bonchev–Trinajstić information content (AvgIpc) is 2.47. The van der Waals surface area contributed by atoms with Gasteiger partial charge >= 0.3 is 0 Å². The van der Waals surface area contributed by atoms with Crippen LogP contribution < -0.4 is 15.8 Å².